The maximum atomic E-state index is 6.17. The second-order valence-corrected chi connectivity index (χ2v) is 5.95. The molecule has 0 atom stereocenters. The Bertz CT molecular complexity index is 1020. The number of nitrogens with zero attached hydrogens (tertiary/aromatic N) is 2. The van der Waals surface area contributed by atoms with Gasteiger partial charge in [0.05, 0.1) is 5.69 Å². The zero-order valence-electron chi connectivity index (χ0n) is 13.2. The summed E-state index contributed by atoms with van der Waals surface area (Å²) in [5.41, 5.74) is 8.04. The molecule has 0 fully saturated rings. The molecule has 2 heterocycles. The average Bonchev–Trinajstić information content (AvgIpc) is 2.59. The van der Waals surface area contributed by atoms with Crippen LogP contribution in [0.1, 0.15) is 25.5 Å². The van der Waals surface area contributed by atoms with Gasteiger partial charge in [0.2, 0.25) is 0 Å². The number of pyridine rings is 2. The fraction of sp³-hybridized carbons (Fsp3) is 0.200. The number of hydrogen-bond donors (Lipinski definition) is 1. The number of anilines is 1. The van der Waals surface area contributed by atoms with Gasteiger partial charge in [-0.2, -0.15) is 0 Å². The van der Waals surface area contributed by atoms with E-state index in [0.717, 1.165) is 46.8 Å². The average molecular weight is 301 g/mol. The van der Waals surface area contributed by atoms with Gasteiger partial charge in [-0.05, 0) is 23.6 Å². The summed E-state index contributed by atoms with van der Waals surface area (Å²) in [6.45, 7) is 2.20. The van der Waals surface area contributed by atoms with Crippen molar-refractivity contribution in [3.63, 3.8) is 0 Å². The fourth-order valence-corrected chi connectivity index (χ4v) is 3.30. The topological polar surface area (TPSA) is 51.8 Å². The minimum Gasteiger partial charge on any atom is -0.383 e. The van der Waals surface area contributed by atoms with Crippen LogP contribution in [0.25, 0.3) is 32.6 Å². The Balaban J connectivity index is 2.18. The van der Waals surface area contributed by atoms with Crippen molar-refractivity contribution in [3.8, 4) is 0 Å². The first-order chi connectivity index (χ1) is 11.3. The Morgan fingerprint density at radius 3 is 2.13 bits per heavy atom. The van der Waals surface area contributed by atoms with Gasteiger partial charge in [-0.3, -0.25) is 0 Å². The van der Waals surface area contributed by atoms with Gasteiger partial charge in [0.15, 0.2) is 5.65 Å². The van der Waals surface area contributed by atoms with E-state index < -0.39 is 0 Å². The third kappa shape index (κ3) is 2.20. The summed E-state index contributed by atoms with van der Waals surface area (Å²) in [6.07, 6.45) is 3.26. The van der Waals surface area contributed by atoms with E-state index in [1.54, 1.807) is 0 Å². The van der Waals surface area contributed by atoms with E-state index in [1.165, 1.54) is 10.8 Å². The predicted molar refractivity (Wildman–Crippen MR) is 97.6 cm³/mol. The van der Waals surface area contributed by atoms with Crippen LogP contribution >= 0.6 is 0 Å². The lowest BCUT2D eigenvalue weighted by Crippen LogP contribution is -1.99. The maximum absolute atomic E-state index is 6.17. The van der Waals surface area contributed by atoms with Crippen LogP contribution < -0.4 is 5.73 Å². The number of nitrogen functional groups attached to an aromatic ring is 1. The Morgan fingerprint density at radius 1 is 0.826 bits per heavy atom. The summed E-state index contributed by atoms with van der Waals surface area (Å²) in [4.78, 5) is 9.45. The standard InChI is InChI=1S/C20H19N3/c1-2-3-12-17-13-8-4-5-9-14(13)18-15-10-6-7-11-16(15)19(21)23-20(18)22-17/h4-11H,2-3,12H2,1H3,(H2,21,22,23). The van der Waals surface area contributed by atoms with Crippen molar-refractivity contribution < 1.29 is 0 Å². The monoisotopic (exact) mass is 301 g/mol. The third-order valence-corrected chi connectivity index (χ3v) is 4.44. The Kier molecular flexibility index (Phi) is 3.34. The summed E-state index contributed by atoms with van der Waals surface area (Å²) in [5.74, 6) is 0.553. The van der Waals surface area contributed by atoms with E-state index in [9.17, 15) is 0 Å². The molecule has 2 aromatic carbocycles. The highest BCUT2D eigenvalue weighted by Crippen LogP contribution is 2.33. The van der Waals surface area contributed by atoms with E-state index in [-0.39, 0.29) is 0 Å². The van der Waals surface area contributed by atoms with Gasteiger partial charge in [-0.1, -0.05) is 61.9 Å². The van der Waals surface area contributed by atoms with E-state index in [1.807, 2.05) is 18.2 Å². The molecule has 0 aliphatic heterocycles. The van der Waals surface area contributed by atoms with Crippen LogP contribution in [0, 0.1) is 0 Å². The molecule has 23 heavy (non-hydrogen) atoms. The third-order valence-electron chi connectivity index (χ3n) is 4.44. The predicted octanol–water partition coefficient (Wildman–Crippen LogP) is 4.86. The summed E-state index contributed by atoms with van der Waals surface area (Å²) >= 11 is 0. The van der Waals surface area contributed by atoms with Crippen molar-refractivity contribution in [1.29, 1.82) is 0 Å². The van der Waals surface area contributed by atoms with Crippen molar-refractivity contribution in [2.45, 2.75) is 26.2 Å². The second kappa shape index (κ2) is 5.51. The lowest BCUT2D eigenvalue weighted by atomic mass is 9.99. The molecule has 0 spiro atoms. The quantitative estimate of drug-likeness (QED) is 0.550. The van der Waals surface area contributed by atoms with Crippen LogP contribution in [-0.2, 0) is 6.42 Å². The van der Waals surface area contributed by atoms with Crippen molar-refractivity contribution in [2.24, 2.45) is 0 Å². The molecule has 4 rings (SSSR count). The molecule has 3 heteroatoms. The molecule has 3 nitrogen and oxygen atoms in total. The van der Waals surface area contributed by atoms with Crippen LogP contribution in [0.2, 0.25) is 0 Å². The Hall–Kier alpha value is -2.68. The first-order valence-corrected chi connectivity index (χ1v) is 8.15. The molecule has 2 aromatic heterocycles. The van der Waals surface area contributed by atoms with E-state index in [2.05, 4.69) is 42.2 Å². The van der Waals surface area contributed by atoms with Crippen molar-refractivity contribution in [2.75, 3.05) is 5.73 Å². The van der Waals surface area contributed by atoms with Gasteiger partial charge >= 0.3 is 0 Å². The molecule has 0 aliphatic rings. The second-order valence-electron chi connectivity index (χ2n) is 5.95. The van der Waals surface area contributed by atoms with Crippen LogP contribution in [0.5, 0.6) is 0 Å². The lowest BCUT2D eigenvalue weighted by Gasteiger charge is -2.12. The summed E-state index contributed by atoms with van der Waals surface area (Å²) in [7, 11) is 0. The van der Waals surface area contributed by atoms with Crippen molar-refractivity contribution in [3.05, 3.63) is 54.2 Å². The molecule has 2 N–H and O–H groups in total. The van der Waals surface area contributed by atoms with Crippen LogP contribution in [0.3, 0.4) is 0 Å². The number of rotatable bonds is 3. The van der Waals surface area contributed by atoms with Crippen molar-refractivity contribution in [1.82, 2.24) is 9.97 Å². The van der Waals surface area contributed by atoms with E-state index >= 15 is 0 Å². The molecule has 0 bridgehead atoms. The van der Waals surface area contributed by atoms with E-state index in [4.69, 9.17) is 10.7 Å². The van der Waals surface area contributed by atoms with Gasteiger partial charge in [0.1, 0.15) is 5.82 Å². The molecule has 0 saturated heterocycles. The normalized spacial score (nSPS) is 11.5. The minimum absolute atomic E-state index is 0.553. The molecule has 0 amide bonds. The Morgan fingerprint density at radius 2 is 1.43 bits per heavy atom. The highest BCUT2D eigenvalue weighted by Gasteiger charge is 2.13. The Labute approximate surface area is 135 Å². The van der Waals surface area contributed by atoms with Crippen LogP contribution in [0.4, 0.5) is 5.82 Å². The smallest absolute Gasteiger partial charge is 0.163 e. The molecule has 0 aliphatic carbocycles. The van der Waals surface area contributed by atoms with Crippen LogP contribution in [0.15, 0.2) is 48.5 Å². The van der Waals surface area contributed by atoms with Gasteiger partial charge < -0.3 is 5.73 Å². The zero-order valence-corrected chi connectivity index (χ0v) is 13.2. The summed E-state index contributed by atoms with van der Waals surface area (Å²) < 4.78 is 0. The molecule has 4 aromatic rings. The SMILES string of the molecule is CCCCc1nc2nc(N)c3ccccc3c2c2ccccc12. The molecule has 0 unspecified atom stereocenters. The summed E-state index contributed by atoms with van der Waals surface area (Å²) in [5, 5.41) is 5.66. The van der Waals surface area contributed by atoms with Crippen molar-refractivity contribution >= 4 is 38.4 Å². The summed E-state index contributed by atoms with van der Waals surface area (Å²) in [6, 6.07) is 16.7. The highest BCUT2D eigenvalue weighted by molar-refractivity contribution is 6.20. The number of fused-ring (bicyclic) bond motifs is 5. The molecule has 0 saturated carbocycles. The first-order valence-electron chi connectivity index (χ1n) is 8.15. The zero-order chi connectivity index (χ0) is 15.8. The number of nitrogens with two attached hydrogens (primary N) is 1. The minimum atomic E-state index is 0.553. The maximum Gasteiger partial charge on any atom is 0.163 e. The molecular formula is C20H19N3. The number of aromatic nitrogens is 2. The molecular weight excluding hydrogens is 282 g/mol. The number of hydrogen-bond acceptors (Lipinski definition) is 3. The van der Waals surface area contributed by atoms with Crippen LogP contribution in [-0.4, -0.2) is 9.97 Å². The van der Waals surface area contributed by atoms with E-state index in [0.29, 0.717) is 5.82 Å². The first kappa shape index (κ1) is 13.9. The lowest BCUT2D eigenvalue weighted by molar-refractivity contribution is 0.784. The number of unbranched alkanes of at least 4 members (excludes halogenated alkanes) is 1. The highest BCUT2D eigenvalue weighted by atomic mass is 14.9. The number of aryl methyl sites for hydroxylation is 1. The number of benzene rings is 2. The molecule has 114 valence electrons. The largest absolute Gasteiger partial charge is 0.383 e. The fourth-order valence-electron chi connectivity index (χ4n) is 3.30. The molecule has 0 radical (unpaired) electrons. The van der Waals surface area contributed by atoms with Gasteiger partial charge in [-0.25, -0.2) is 9.97 Å². The van der Waals surface area contributed by atoms with Gasteiger partial charge in [0.25, 0.3) is 0 Å². The van der Waals surface area contributed by atoms with Gasteiger partial charge in [-0.15, -0.1) is 0 Å². The van der Waals surface area contributed by atoms with Gasteiger partial charge in [0, 0.05) is 16.2 Å².